The van der Waals surface area contributed by atoms with Gasteiger partial charge in [-0.1, -0.05) is 0 Å². The maximum absolute atomic E-state index is 8.49. The van der Waals surface area contributed by atoms with E-state index in [0.29, 0.717) is 63.5 Å². The summed E-state index contributed by atoms with van der Waals surface area (Å²) >= 11 is 0. The number of aliphatic hydroxyl groups is 1. The van der Waals surface area contributed by atoms with Gasteiger partial charge in [-0.15, -0.1) is 24.8 Å². The standard InChI is InChI=1S/C13H23N3O5.2ClH/c14-11-9-12(15)13(16-10-11)21-8-7-20-6-5-19-4-3-18-2-1-17;;/h9-10,17H,1-8,14-15H2;2*1H. The predicted molar refractivity (Wildman–Crippen MR) is 92.6 cm³/mol. The number of nitrogens with zero attached hydrogens (tertiary/aromatic N) is 1. The van der Waals surface area contributed by atoms with Gasteiger partial charge in [-0.25, -0.2) is 4.98 Å². The topological polar surface area (TPSA) is 122 Å². The first kappa shape index (κ1) is 24.2. The van der Waals surface area contributed by atoms with Crippen molar-refractivity contribution in [3.8, 4) is 5.88 Å². The number of halogens is 2. The van der Waals surface area contributed by atoms with Crippen LogP contribution in [0.25, 0.3) is 0 Å². The number of aromatic nitrogens is 1. The molecular formula is C13H25Cl2N3O5. The van der Waals surface area contributed by atoms with Crippen LogP contribution < -0.4 is 16.2 Å². The lowest BCUT2D eigenvalue weighted by Crippen LogP contribution is -2.14. The van der Waals surface area contributed by atoms with Crippen LogP contribution >= 0.6 is 24.8 Å². The molecule has 0 aliphatic carbocycles. The lowest BCUT2D eigenvalue weighted by Gasteiger charge is -2.09. The molecule has 0 aliphatic heterocycles. The number of nitrogen functional groups attached to an aromatic ring is 2. The van der Waals surface area contributed by atoms with Crippen molar-refractivity contribution in [3.05, 3.63) is 12.3 Å². The minimum absolute atomic E-state index is 0. The Balaban J connectivity index is 0. The van der Waals surface area contributed by atoms with Gasteiger partial charge >= 0.3 is 0 Å². The third-order valence-corrected chi connectivity index (χ3v) is 2.35. The average molecular weight is 374 g/mol. The molecule has 1 rings (SSSR count). The van der Waals surface area contributed by atoms with Gasteiger partial charge in [0.1, 0.15) is 6.61 Å². The fourth-order valence-corrected chi connectivity index (χ4v) is 1.41. The first-order valence-corrected chi connectivity index (χ1v) is 6.72. The molecule has 0 aliphatic rings. The van der Waals surface area contributed by atoms with Crippen LogP contribution in [0.1, 0.15) is 0 Å². The number of hydrogen-bond donors (Lipinski definition) is 3. The maximum atomic E-state index is 8.49. The summed E-state index contributed by atoms with van der Waals surface area (Å²) in [6, 6.07) is 1.59. The molecule has 0 spiro atoms. The number of pyridine rings is 1. The Morgan fingerprint density at radius 3 is 1.91 bits per heavy atom. The summed E-state index contributed by atoms with van der Waals surface area (Å²) < 4.78 is 21.0. The fraction of sp³-hybridized carbons (Fsp3) is 0.615. The van der Waals surface area contributed by atoms with Crippen LogP contribution in [0.5, 0.6) is 5.88 Å². The molecule has 0 saturated heterocycles. The van der Waals surface area contributed by atoms with Gasteiger partial charge in [0, 0.05) is 0 Å². The summed E-state index contributed by atoms with van der Waals surface area (Å²) in [4.78, 5) is 3.98. The molecule has 23 heavy (non-hydrogen) atoms. The molecule has 1 aromatic heterocycles. The molecule has 0 bridgehead atoms. The van der Waals surface area contributed by atoms with Gasteiger partial charge in [0.25, 0.3) is 0 Å². The van der Waals surface area contributed by atoms with Crippen LogP contribution in [-0.4, -0.2) is 62.9 Å². The normalized spacial score (nSPS) is 9.78. The second-order valence-electron chi connectivity index (χ2n) is 4.07. The quantitative estimate of drug-likeness (QED) is 0.453. The Bertz CT molecular complexity index is 402. The summed E-state index contributed by atoms with van der Waals surface area (Å²) in [5.41, 5.74) is 12.1. The van der Waals surface area contributed by atoms with E-state index in [1.165, 1.54) is 6.20 Å². The van der Waals surface area contributed by atoms with E-state index < -0.39 is 0 Å². The summed E-state index contributed by atoms with van der Waals surface area (Å²) in [6.07, 6.45) is 1.49. The Morgan fingerprint density at radius 1 is 0.870 bits per heavy atom. The zero-order valence-corrected chi connectivity index (χ0v) is 14.4. The van der Waals surface area contributed by atoms with Gasteiger partial charge in [-0.3, -0.25) is 0 Å². The van der Waals surface area contributed by atoms with E-state index in [4.69, 9.17) is 35.5 Å². The highest BCUT2D eigenvalue weighted by Crippen LogP contribution is 2.19. The van der Waals surface area contributed by atoms with Crippen LogP contribution in [0.15, 0.2) is 12.3 Å². The van der Waals surface area contributed by atoms with E-state index in [1.807, 2.05) is 0 Å². The molecule has 0 fully saturated rings. The van der Waals surface area contributed by atoms with Crippen LogP contribution in [0.3, 0.4) is 0 Å². The third-order valence-electron chi connectivity index (χ3n) is 2.35. The SMILES string of the molecule is Cl.Cl.Nc1cnc(OCCOCCOCCOCCO)c(N)c1. The molecule has 136 valence electrons. The van der Waals surface area contributed by atoms with Crippen molar-refractivity contribution in [1.82, 2.24) is 4.98 Å². The molecule has 0 unspecified atom stereocenters. The van der Waals surface area contributed by atoms with Gasteiger partial charge in [-0.2, -0.15) is 0 Å². The second-order valence-corrected chi connectivity index (χ2v) is 4.07. The van der Waals surface area contributed by atoms with Crippen molar-refractivity contribution in [2.24, 2.45) is 0 Å². The lowest BCUT2D eigenvalue weighted by molar-refractivity contribution is 0.00346. The van der Waals surface area contributed by atoms with Crippen LogP contribution in [0, 0.1) is 0 Å². The molecule has 1 aromatic rings. The Morgan fingerprint density at radius 2 is 1.39 bits per heavy atom. The number of rotatable bonds is 12. The summed E-state index contributed by atoms with van der Waals surface area (Å²) in [7, 11) is 0. The van der Waals surface area contributed by atoms with Crippen molar-refractivity contribution in [2.75, 3.05) is 64.3 Å². The molecule has 0 aromatic carbocycles. The zero-order chi connectivity index (χ0) is 15.3. The van der Waals surface area contributed by atoms with Crippen molar-refractivity contribution < 1.29 is 24.1 Å². The Labute approximate surface area is 148 Å². The van der Waals surface area contributed by atoms with Gasteiger partial charge < -0.3 is 35.5 Å². The molecule has 0 saturated carbocycles. The fourth-order valence-electron chi connectivity index (χ4n) is 1.41. The predicted octanol–water partition coefficient (Wildman–Crippen LogP) is 0.511. The number of nitrogens with two attached hydrogens (primary N) is 2. The largest absolute Gasteiger partial charge is 0.474 e. The molecule has 5 N–H and O–H groups in total. The summed E-state index contributed by atoms with van der Waals surface area (Å²) in [5.74, 6) is 0.352. The Hall–Kier alpha value is -1.03. The smallest absolute Gasteiger partial charge is 0.237 e. The van der Waals surface area contributed by atoms with E-state index in [9.17, 15) is 0 Å². The van der Waals surface area contributed by atoms with E-state index in [-0.39, 0.29) is 31.4 Å². The van der Waals surface area contributed by atoms with E-state index in [1.54, 1.807) is 6.07 Å². The minimum atomic E-state index is 0. The maximum Gasteiger partial charge on any atom is 0.237 e. The highest BCUT2D eigenvalue weighted by Gasteiger charge is 2.02. The molecule has 1 heterocycles. The van der Waals surface area contributed by atoms with Gasteiger partial charge in [-0.05, 0) is 6.07 Å². The van der Waals surface area contributed by atoms with Crippen molar-refractivity contribution in [3.63, 3.8) is 0 Å². The number of ether oxygens (including phenoxy) is 4. The van der Waals surface area contributed by atoms with Gasteiger partial charge in [0.2, 0.25) is 5.88 Å². The van der Waals surface area contributed by atoms with Crippen LogP contribution in [0.4, 0.5) is 11.4 Å². The highest BCUT2D eigenvalue weighted by molar-refractivity contribution is 5.85. The molecule has 10 heteroatoms. The summed E-state index contributed by atoms with van der Waals surface area (Å²) in [5, 5.41) is 8.49. The van der Waals surface area contributed by atoms with Crippen LogP contribution in [-0.2, 0) is 14.2 Å². The molecule has 0 atom stereocenters. The third kappa shape index (κ3) is 12.1. The minimum Gasteiger partial charge on any atom is -0.474 e. The van der Waals surface area contributed by atoms with Gasteiger partial charge in [0.05, 0.1) is 63.8 Å². The monoisotopic (exact) mass is 373 g/mol. The van der Waals surface area contributed by atoms with E-state index in [0.717, 1.165) is 0 Å². The highest BCUT2D eigenvalue weighted by atomic mass is 35.5. The molecule has 0 radical (unpaired) electrons. The summed E-state index contributed by atoms with van der Waals surface area (Å²) in [6.45, 7) is 3.00. The van der Waals surface area contributed by atoms with Crippen molar-refractivity contribution >= 4 is 36.2 Å². The first-order valence-electron chi connectivity index (χ1n) is 6.72. The molecule has 8 nitrogen and oxygen atoms in total. The first-order chi connectivity index (χ1) is 10.2. The molecule has 0 amide bonds. The van der Waals surface area contributed by atoms with E-state index >= 15 is 0 Å². The van der Waals surface area contributed by atoms with Gasteiger partial charge in [0.15, 0.2) is 0 Å². The zero-order valence-electron chi connectivity index (χ0n) is 12.8. The lowest BCUT2D eigenvalue weighted by atomic mass is 10.4. The van der Waals surface area contributed by atoms with Crippen LogP contribution in [0.2, 0.25) is 0 Å². The number of anilines is 2. The number of aliphatic hydroxyl groups excluding tert-OH is 1. The Kier molecular flexibility index (Phi) is 16.7. The average Bonchev–Trinajstić information content (AvgIpc) is 2.46. The second kappa shape index (κ2) is 15.9. The number of hydrogen-bond acceptors (Lipinski definition) is 8. The molecular weight excluding hydrogens is 349 g/mol. The van der Waals surface area contributed by atoms with Crippen molar-refractivity contribution in [1.29, 1.82) is 0 Å². The van der Waals surface area contributed by atoms with Crippen molar-refractivity contribution in [2.45, 2.75) is 0 Å². The van der Waals surface area contributed by atoms with E-state index in [2.05, 4.69) is 4.98 Å².